The molecule has 1 fully saturated rings. The average Bonchev–Trinajstić information content (AvgIpc) is 3.19. The van der Waals surface area contributed by atoms with Crippen LogP contribution >= 0.6 is 24.0 Å². The van der Waals surface area contributed by atoms with Crippen LogP contribution in [0.15, 0.2) is 71.6 Å². The molecule has 0 spiro atoms. The van der Waals surface area contributed by atoms with Crippen molar-refractivity contribution in [1.82, 2.24) is 0 Å². The number of benzene rings is 3. The number of halogens is 3. The summed E-state index contributed by atoms with van der Waals surface area (Å²) in [7, 11) is 2.97. The fraction of sp³-hybridized carbons (Fsp3) is 0.148. The van der Waals surface area contributed by atoms with E-state index in [4.69, 9.17) is 26.4 Å². The minimum Gasteiger partial charge on any atom is -0.497 e. The van der Waals surface area contributed by atoms with Crippen molar-refractivity contribution < 1.29 is 37.0 Å². The second-order valence-electron chi connectivity index (χ2n) is 8.04. The van der Waals surface area contributed by atoms with Crippen LogP contribution in [0.4, 0.5) is 24.5 Å². The molecule has 3 aromatic rings. The number of hydrogen-bond donors (Lipinski definition) is 1. The largest absolute Gasteiger partial charge is 0.497 e. The van der Waals surface area contributed by atoms with Gasteiger partial charge in [-0.3, -0.25) is 14.5 Å². The number of ether oxygens (including phenoxy) is 3. The van der Waals surface area contributed by atoms with Gasteiger partial charge in [0.25, 0.3) is 11.8 Å². The van der Waals surface area contributed by atoms with Gasteiger partial charge in [-0.1, -0.05) is 36.1 Å². The van der Waals surface area contributed by atoms with Gasteiger partial charge in [0, 0.05) is 5.69 Å². The van der Waals surface area contributed by atoms with E-state index in [1.54, 1.807) is 55.7 Å². The highest BCUT2D eigenvalue weighted by molar-refractivity contribution is 8.27. The van der Waals surface area contributed by atoms with Crippen molar-refractivity contribution in [2.24, 2.45) is 0 Å². The molecule has 0 unspecified atom stereocenters. The number of thioether (sulfide) groups is 1. The van der Waals surface area contributed by atoms with E-state index in [2.05, 4.69) is 5.32 Å². The quantitative estimate of drug-likeness (QED) is 0.256. The van der Waals surface area contributed by atoms with Crippen LogP contribution < -0.4 is 24.4 Å². The minimum absolute atomic E-state index is 0.00677. The zero-order chi connectivity index (χ0) is 28.2. The van der Waals surface area contributed by atoms with Gasteiger partial charge in [-0.15, -0.1) is 0 Å². The first-order valence-electron chi connectivity index (χ1n) is 11.3. The first-order chi connectivity index (χ1) is 18.6. The van der Waals surface area contributed by atoms with E-state index in [0.717, 1.165) is 23.9 Å². The maximum atomic E-state index is 13.1. The molecule has 202 valence electrons. The van der Waals surface area contributed by atoms with Gasteiger partial charge in [0.1, 0.15) is 5.75 Å². The fourth-order valence-electron chi connectivity index (χ4n) is 3.58. The Kier molecular flexibility index (Phi) is 8.46. The summed E-state index contributed by atoms with van der Waals surface area (Å²) in [4.78, 5) is 27.2. The number of nitrogens with zero attached hydrogens (tertiary/aromatic N) is 1. The van der Waals surface area contributed by atoms with Crippen molar-refractivity contribution in [3.05, 3.63) is 82.8 Å². The van der Waals surface area contributed by atoms with Crippen LogP contribution in [0.3, 0.4) is 0 Å². The van der Waals surface area contributed by atoms with Gasteiger partial charge in [0.2, 0.25) is 0 Å². The lowest BCUT2D eigenvalue weighted by atomic mass is 10.1. The third-order valence-corrected chi connectivity index (χ3v) is 6.74. The van der Waals surface area contributed by atoms with Gasteiger partial charge in [-0.05, 0) is 66.2 Å². The minimum atomic E-state index is -4.53. The third-order valence-electron chi connectivity index (χ3n) is 5.44. The Balaban J connectivity index is 1.43. The Hall–Kier alpha value is -4.03. The third kappa shape index (κ3) is 6.70. The highest BCUT2D eigenvalue weighted by Crippen LogP contribution is 2.38. The van der Waals surface area contributed by atoms with E-state index in [0.29, 0.717) is 32.0 Å². The highest BCUT2D eigenvalue weighted by atomic mass is 32.2. The second-order valence-corrected chi connectivity index (χ2v) is 9.72. The highest BCUT2D eigenvalue weighted by Gasteiger charge is 2.33. The molecule has 0 aromatic heterocycles. The summed E-state index contributed by atoms with van der Waals surface area (Å²) in [5.41, 5.74) is 0.362. The van der Waals surface area contributed by atoms with Crippen LogP contribution in [0, 0.1) is 0 Å². The Morgan fingerprint density at radius 1 is 1.03 bits per heavy atom. The number of alkyl halides is 3. The van der Waals surface area contributed by atoms with E-state index in [9.17, 15) is 22.8 Å². The fourth-order valence-corrected chi connectivity index (χ4v) is 4.88. The lowest BCUT2D eigenvalue weighted by Gasteiger charge is -2.14. The monoisotopic (exact) mass is 574 g/mol. The maximum absolute atomic E-state index is 13.1. The van der Waals surface area contributed by atoms with Crippen LogP contribution in [0.2, 0.25) is 0 Å². The van der Waals surface area contributed by atoms with Crippen molar-refractivity contribution in [3.63, 3.8) is 0 Å². The van der Waals surface area contributed by atoms with E-state index in [1.807, 2.05) is 0 Å². The molecule has 4 rings (SSSR count). The molecule has 0 bridgehead atoms. The summed E-state index contributed by atoms with van der Waals surface area (Å²) in [6.45, 7) is -0.466. The zero-order valence-electron chi connectivity index (χ0n) is 20.6. The van der Waals surface area contributed by atoms with Crippen molar-refractivity contribution in [2.45, 2.75) is 6.18 Å². The molecule has 39 heavy (non-hydrogen) atoms. The summed E-state index contributed by atoms with van der Waals surface area (Å²) in [5, 5.41) is 2.38. The normalized spacial score (nSPS) is 14.5. The summed E-state index contributed by atoms with van der Waals surface area (Å²) in [6.07, 6.45) is -2.86. The molecule has 1 saturated heterocycles. The van der Waals surface area contributed by atoms with Crippen LogP contribution in [-0.2, 0) is 15.8 Å². The summed E-state index contributed by atoms with van der Waals surface area (Å²) in [5.74, 6) is 0.256. The Labute approximate surface area is 231 Å². The van der Waals surface area contributed by atoms with Gasteiger partial charge in [-0.2, -0.15) is 13.2 Å². The van der Waals surface area contributed by atoms with Gasteiger partial charge >= 0.3 is 6.18 Å². The molecule has 1 aliphatic heterocycles. The smallest absolute Gasteiger partial charge is 0.416 e. The van der Waals surface area contributed by atoms with Crippen LogP contribution in [-0.4, -0.2) is 37.0 Å². The molecule has 1 aliphatic rings. The lowest BCUT2D eigenvalue weighted by Crippen LogP contribution is -2.27. The van der Waals surface area contributed by atoms with Crippen LogP contribution in [0.5, 0.6) is 17.2 Å². The zero-order valence-corrected chi connectivity index (χ0v) is 22.2. The topological polar surface area (TPSA) is 77.1 Å². The molecule has 1 N–H and O–H groups in total. The molecule has 1 heterocycles. The standard InChI is InChI=1S/C27H21F3N2O5S2/c1-35-20-9-7-19(8-10-20)32-25(34)23(39-26(32)38)13-16-6-11-21(22(12-16)36-2)37-15-24(33)31-18-5-3-4-17(14-18)27(28,29)30/h3-14H,15H2,1-2H3,(H,31,33)/b23-13-. The molecular formula is C27H21F3N2O5S2. The van der Waals surface area contributed by atoms with E-state index < -0.39 is 24.3 Å². The maximum Gasteiger partial charge on any atom is 0.416 e. The molecule has 0 atom stereocenters. The number of hydrogen-bond acceptors (Lipinski definition) is 7. The van der Waals surface area contributed by atoms with Gasteiger partial charge in [0.05, 0.1) is 30.4 Å². The molecule has 0 saturated carbocycles. The number of rotatable bonds is 8. The van der Waals surface area contributed by atoms with Crippen LogP contribution in [0.1, 0.15) is 11.1 Å². The van der Waals surface area contributed by atoms with Crippen molar-refractivity contribution in [2.75, 3.05) is 31.0 Å². The van der Waals surface area contributed by atoms with Crippen molar-refractivity contribution in [3.8, 4) is 17.2 Å². The Morgan fingerprint density at radius 2 is 1.77 bits per heavy atom. The van der Waals surface area contributed by atoms with Crippen LogP contribution in [0.25, 0.3) is 6.08 Å². The summed E-state index contributed by atoms with van der Waals surface area (Å²) >= 11 is 6.57. The number of methoxy groups -OCH3 is 2. The first-order valence-corrected chi connectivity index (χ1v) is 12.5. The van der Waals surface area contributed by atoms with E-state index in [-0.39, 0.29) is 17.3 Å². The van der Waals surface area contributed by atoms with Gasteiger partial charge in [0.15, 0.2) is 22.4 Å². The van der Waals surface area contributed by atoms with E-state index in [1.165, 1.54) is 24.1 Å². The molecule has 0 aliphatic carbocycles. The number of nitrogens with one attached hydrogen (secondary N) is 1. The number of carbonyl (C=O) groups is 2. The number of carbonyl (C=O) groups excluding carboxylic acids is 2. The lowest BCUT2D eigenvalue weighted by molar-refractivity contribution is -0.137. The Morgan fingerprint density at radius 3 is 2.44 bits per heavy atom. The number of anilines is 2. The SMILES string of the molecule is COc1ccc(N2C(=O)/C(=C/c3ccc(OCC(=O)Nc4cccc(C(F)(F)F)c4)c(OC)c3)SC2=S)cc1. The average molecular weight is 575 g/mol. The van der Waals surface area contributed by atoms with Crippen molar-refractivity contribution in [1.29, 1.82) is 0 Å². The molecule has 3 aromatic carbocycles. The number of amides is 2. The van der Waals surface area contributed by atoms with Crippen molar-refractivity contribution >= 4 is 57.6 Å². The predicted molar refractivity (Wildman–Crippen MR) is 147 cm³/mol. The predicted octanol–water partition coefficient (Wildman–Crippen LogP) is 6.15. The van der Waals surface area contributed by atoms with Gasteiger partial charge in [-0.25, -0.2) is 0 Å². The van der Waals surface area contributed by atoms with Gasteiger partial charge < -0.3 is 19.5 Å². The molecule has 7 nitrogen and oxygen atoms in total. The first kappa shape index (κ1) is 28.0. The van der Waals surface area contributed by atoms with E-state index >= 15 is 0 Å². The Bertz CT molecular complexity index is 1440. The summed E-state index contributed by atoms with van der Waals surface area (Å²) in [6, 6.07) is 16.1. The number of thiocarbonyl (C=S) groups is 1. The molecule has 0 radical (unpaired) electrons. The molecule has 2 amide bonds. The molecule has 12 heteroatoms. The summed E-state index contributed by atoms with van der Waals surface area (Å²) < 4.78 is 55.1. The molecular weight excluding hydrogens is 553 g/mol. The second kappa shape index (κ2) is 11.8.